The van der Waals surface area contributed by atoms with Crippen LogP contribution in [-0.2, 0) is 9.53 Å². The van der Waals surface area contributed by atoms with Crippen LogP contribution in [0.25, 0.3) is 17.2 Å². The number of hydrogen-bond acceptors (Lipinski definition) is 4. The minimum atomic E-state index is -0.303. The summed E-state index contributed by atoms with van der Waals surface area (Å²) >= 11 is 0. The van der Waals surface area contributed by atoms with Crippen LogP contribution in [0.5, 0.6) is 0 Å². The van der Waals surface area contributed by atoms with Gasteiger partial charge in [-0.15, -0.1) is 0 Å². The maximum atomic E-state index is 11.9. The van der Waals surface area contributed by atoms with Crippen LogP contribution in [0.3, 0.4) is 0 Å². The smallest absolute Gasteiger partial charge is 0.334 e. The average molecular weight is 316 g/mol. The molecule has 0 saturated carbocycles. The SMILES string of the molecule is CCOC(=O)C1=Cc2ccc(-c3cccc(C#N)c3)cc2N=CC1. The van der Waals surface area contributed by atoms with Gasteiger partial charge < -0.3 is 4.74 Å². The first-order chi connectivity index (χ1) is 11.7. The number of carbonyl (C=O) groups is 1. The molecule has 0 amide bonds. The number of esters is 1. The predicted molar refractivity (Wildman–Crippen MR) is 94.0 cm³/mol. The summed E-state index contributed by atoms with van der Waals surface area (Å²) < 4.78 is 5.07. The van der Waals surface area contributed by atoms with Gasteiger partial charge in [0.1, 0.15) is 0 Å². The fraction of sp³-hybridized carbons (Fsp3) is 0.150. The Morgan fingerprint density at radius 1 is 1.25 bits per heavy atom. The van der Waals surface area contributed by atoms with Crippen LogP contribution in [0.2, 0.25) is 0 Å². The van der Waals surface area contributed by atoms with Crippen molar-refractivity contribution in [1.29, 1.82) is 5.26 Å². The summed E-state index contributed by atoms with van der Waals surface area (Å²) in [6.45, 7) is 2.15. The molecule has 118 valence electrons. The molecule has 1 aliphatic heterocycles. The molecule has 0 aromatic heterocycles. The molecule has 0 N–H and O–H groups in total. The Bertz CT molecular complexity index is 889. The number of hydrogen-bond donors (Lipinski definition) is 0. The lowest BCUT2D eigenvalue weighted by molar-refractivity contribution is -0.138. The van der Waals surface area contributed by atoms with Crippen molar-refractivity contribution < 1.29 is 9.53 Å². The summed E-state index contributed by atoms with van der Waals surface area (Å²) in [5.41, 5.74) is 4.84. The number of aliphatic imine (C=N–C) groups is 1. The molecule has 0 saturated heterocycles. The molecule has 2 aromatic rings. The summed E-state index contributed by atoms with van der Waals surface area (Å²) in [7, 11) is 0. The van der Waals surface area contributed by atoms with E-state index in [1.54, 1.807) is 19.2 Å². The number of fused-ring (bicyclic) bond motifs is 1. The van der Waals surface area contributed by atoms with Crippen LogP contribution in [-0.4, -0.2) is 18.8 Å². The first kappa shape index (κ1) is 15.7. The Morgan fingerprint density at radius 2 is 2.08 bits per heavy atom. The third-order valence-corrected chi connectivity index (χ3v) is 3.76. The molecule has 2 aromatic carbocycles. The topological polar surface area (TPSA) is 62.5 Å². The normalized spacial score (nSPS) is 12.6. The molecule has 0 fully saturated rings. The maximum Gasteiger partial charge on any atom is 0.334 e. The summed E-state index contributed by atoms with van der Waals surface area (Å²) in [5.74, 6) is -0.303. The highest BCUT2D eigenvalue weighted by molar-refractivity contribution is 5.99. The van der Waals surface area contributed by atoms with Gasteiger partial charge in [-0.2, -0.15) is 5.26 Å². The molecule has 4 heteroatoms. The molecule has 1 heterocycles. The average Bonchev–Trinajstić information content (AvgIpc) is 2.83. The minimum absolute atomic E-state index is 0.303. The van der Waals surface area contributed by atoms with E-state index in [0.29, 0.717) is 24.2 Å². The Labute approximate surface area is 140 Å². The Morgan fingerprint density at radius 3 is 2.88 bits per heavy atom. The number of carbonyl (C=O) groups excluding carboxylic acids is 1. The zero-order chi connectivity index (χ0) is 16.9. The molecule has 24 heavy (non-hydrogen) atoms. The second-order valence-electron chi connectivity index (χ2n) is 5.37. The second kappa shape index (κ2) is 6.93. The van der Waals surface area contributed by atoms with Crippen LogP contribution in [0.1, 0.15) is 24.5 Å². The highest BCUT2D eigenvalue weighted by Crippen LogP contribution is 2.31. The van der Waals surface area contributed by atoms with Crippen molar-refractivity contribution in [2.45, 2.75) is 13.3 Å². The molecule has 0 aliphatic carbocycles. The van der Waals surface area contributed by atoms with Crippen molar-refractivity contribution in [3.05, 3.63) is 59.2 Å². The first-order valence-electron chi connectivity index (χ1n) is 7.76. The molecule has 4 nitrogen and oxygen atoms in total. The lowest BCUT2D eigenvalue weighted by Gasteiger charge is -2.07. The maximum absolute atomic E-state index is 11.9. The second-order valence-corrected chi connectivity index (χ2v) is 5.37. The van der Waals surface area contributed by atoms with Crippen molar-refractivity contribution in [3.8, 4) is 17.2 Å². The van der Waals surface area contributed by atoms with E-state index >= 15 is 0 Å². The van der Waals surface area contributed by atoms with Crippen molar-refractivity contribution in [3.63, 3.8) is 0 Å². The van der Waals surface area contributed by atoms with E-state index in [2.05, 4.69) is 11.1 Å². The van der Waals surface area contributed by atoms with Crippen molar-refractivity contribution >= 4 is 23.9 Å². The first-order valence-corrected chi connectivity index (χ1v) is 7.76. The fourth-order valence-corrected chi connectivity index (χ4v) is 2.58. The lowest BCUT2D eigenvalue weighted by atomic mass is 10.00. The standard InChI is InChI=1S/C20H16N2O2/c1-2-24-20(23)18-8-9-22-19-12-16(6-7-17(19)11-18)15-5-3-4-14(10-15)13-21/h3-7,9-12H,2,8H2,1H3. The van der Waals surface area contributed by atoms with Crippen molar-refractivity contribution in [2.24, 2.45) is 4.99 Å². The Hall–Kier alpha value is -3.19. The van der Waals surface area contributed by atoms with Gasteiger partial charge in [0.2, 0.25) is 0 Å². The molecular weight excluding hydrogens is 300 g/mol. The molecule has 1 aliphatic rings. The van der Waals surface area contributed by atoms with Crippen molar-refractivity contribution in [2.75, 3.05) is 6.61 Å². The van der Waals surface area contributed by atoms with Gasteiger partial charge in [0.15, 0.2) is 0 Å². The van der Waals surface area contributed by atoms with Crippen molar-refractivity contribution in [1.82, 2.24) is 0 Å². The van der Waals surface area contributed by atoms with Crippen LogP contribution < -0.4 is 0 Å². The zero-order valence-corrected chi connectivity index (χ0v) is 13.3. The number of benzene rings is 2. The molecule has 0 radical (unpaired) electrons. The quantitative estimate of drug-likeness (QED) is 0.794. The zero-order valence-electron chi connectivity index (χ0n) is 13.3. The van der Waals surface area contributed by atoms with Gasteiger partial charge in [-0.25, -0.2) is 4.79 Å². The Balaban J connectivity index is 1.99. The van der Waals surface area contributed by atoms with Gasteiger partial charge in [-0.1, -0.05) is 24.3 Å². The number of ether oxygens (including phenoxy) is 1. The minimum Gasteiger partial charge on any atom is -0.463 e. The van der Waals surface area contributed by atoms with Crippen LogP contribution >= 0.6 is 0 Å². The summed E-state index contributed by atoms with van der Waals surface area (Å²) in [6.07, 6.45) is 4.01. The highest BCUT2D eigenvalue weighted by Gasteiger charge is 2.14. The molecule has 0 atom stereocenters. The van der Waals surface area contributed by atoms with E-state index in [0.717, 1.165) is 22.4 Å². The van der Waals surface area contributed by atoms with Crippen LogP contribution in [0, 0.1) is 11.3 Å². The van der Waals surface area contributed by atoms with E-state index < -0.39 is 0 Å². The molecular formula is C20H16N2O2. The Kier molecular flexibility index (Phi) is 4.53. The molecule has 3 rings (SSSR count). The van der Waals surface area contributed by atoms with E-state index in [-0.39, 0.29) is 5.97 Å². The van der Waals surface area contributed by atoms with Gasteiger partial charge >= 0.3 is 5.97 Å². The van der Waals surface area contributed by atoms with Gasteiger partial charge in [0.25, 0.3) is 0 Å². The monoisotopic (exact) mass is 316 g/mol. The summed E-state index contributed by atoms with van der Waals surface area (Å²) in [5, 5.41) is 9.04. The largest absolute Gasteiger partial charge is 0.463 e. The van der Waals surface area contributed by atoms with Crippen LogP contribution in [0.4, 0.5) is 5.69 Å². The predicted octanol–water partition coefficient (Wildman–Crippen LogP) is 4.28. The van der Waals surface area contributed by atoms with Gasteiger partial charge in [0, 0.05) is 23.8 Å². The third kappa shape index (κ3) is 3.26. The van der Waals surface area contributed by atoms with E-state index in [9.17, 15) is 4.79 Å². The highest BCUT2D eigenvalue weighted by atomic mass is 16.5. The van der Waals surface area contributed by atoms with Gasteiger partial charge in [0.05, 0.1) is 23.9 Å². The number of nitrogens with zero attached hydrogens (tertiary/aromatic N) is 2. The third-order valence-electron chi connectivity index (χ3n) is 3.76. The van der Waals surface area contributed by atoms with E-state index in [4.69, 9.17) is 10.00 Å². The van der Waals surface area contributed by atoms with Crippen LogP contribution in [0.15, 0.2) is 53.0 Å². The summed E-state index contributed by atoms with van der Waals surface area (Å²) in [4.78, 5) is 16.4. The van der Waals surface area contributed by atoms with E-state index in [1.165, 1.54) is 0 Å². The molecule has 0 spiro atoms. The van der Waals surface area contributed by atoms with Gasteiger partial charge in [-0.05, 0) is 42.3 Å². The summed E-state index contributed by atoms with van der Waals surface area (Å²) in [6, 6.07) is 15.5. The van der Waals surface area contributed by atoms with E-state index in [1.807, 2.05) is 42.5 Å². The number of rotatable bonds is 3. The lowest BCUT2D eigenvalue weighted by Crippen LogP contribution is -2.07. The molecule has 0 bridgehead atoms. The number of nitriles is 1. The molecule has 0 unspecified atom stereocenters. The van der Waals surface area contributed by atoms with Gasteiger partial charge in [-0.3, -0.25) is 4.99 Å². The fourth-order valence-electron chi connectivity index (χ4n) is 2.58.